The number of hydrogen-bond acceptors (Lipinski definition) is 1. The molecule has 0 aromatic heterocycles. The first kappa shape index (κ1) is 23.3. The van der Waals surface area contributed by atoms with E-state index >= 15 is 0 Å². The van der Waals surface area contributed by atoms with Crippen LogP contribution in [-0.4, -0.2) is 26.0 Å². The predicted molar refractivity (Wildman–Crippen MR) is 101 cm³/mol. The summed E-state index contributed by atoms with van der Waals surface area (Å²) in [4.78, 5) is 2.00. The van der Waals surface area contributed by atoms with Crippen molar-refractivity contribution in [1.29, 1.82) is 0 Å². The molecule has 1 aliphatic carbocycles. The molecule has 128 valence electrons. The van der Waals surface area contributed by atoms with Crippen LogP contribution < -0.4 is 0 Å². The maximum absolute atomic E-state index is 2.33. The Bertz CT molecular complexity index is 205. The molecular formula is C19H40ClN. The van der Waals surface area contributed by atoms with Crippen LogP contribution in [0.3, 0.4) is 0 Å². The van der Waals surface area contributed by atoms with Gasteiger partial charge in [-0.25, -0.2) is 0 Å². The lowest BCUT2D eigenvalue weighted by Crippen LogP contribution is -1.99. The highest BCUT2D eigenvalue weighted by molar-refractivity contribution is 5.85. The average Bonchev–Trinajstić information content (AvgIpc) is 3.19. The third kappa shape index (κ3) is 25.3. The van der Waals surface area contributed by atoms with E-state index in [4.69, 9.17) is 0 Å². The zero-order chi connectivity index (χ0) is 15.1. The Morgan fingerprint density at radius 3 is 1.33 bits per heavy atom. The van der Waals surface area contributed by atoms with Crippen molar-refractivity contribution in [3.63, 3.8) is 0 Å². The van der Waals surface area contributed by atoms with Gasteiger partial charge in [-0.2, -0.15) is 0 Å². The highest BCUT2D eigenvalue weighted by Crippen LogP contribution is 2.23. The number of nitrogens with zero attached hydrogens (tertiary/aromatic N) is 1. The van der Waals surface area contributed by atoms with Gasteiger partial charge in [0.25, 0.3) is 0 Å². The Balaban J connectivity index is 0. The summed E-state index contributed by atoms with van der Waals surface area (Å²) >= 11 is 0. The molecule has 0 aliphatic heterocycles. The van der Waals surface area contributed by atoms with E-state index in [2.05, 4.69) is 19.1 Å². The van der Waals surface area contributed by atoms with Crippen LogP contribution in [0.25, 0.3) is 0 Å². The Morgan fingerprint density at radius 2 is 1.00 bits per heavy atom. The molecule has 0 heterocycles. The summed E-state index contributed by atoms with van der Waals surface area (Å²) in [5.41, 5.74) is 0. The van der Waals surface area contributed by atoms with E-state index in [0.717, 1.165) is 5.92 Å². The number of hydrogen-bond donors (Lipinski definition) is 0. The van der Waals surface area contributed by atoms with Crippen molar-refractivity contribution < 1.29 is 0 Å². The summed E-state index contributed by atoms with van der Waals surface area (Å²) in [5.74, 6) is 0.901. The highest BCUT2D eigenvalue weighted by atomic mass is 35.5. The Morgan fingerprint density at radius 1 is 0.667 bits per heavy atom. The SMILES string of the molecule is CCCCCCCCCCCCCC1C=C1.CN(C)C.Cl. The van der Waals surface area contributed by atoms with Crippen molar-refractivity contribution in [3.05, 3.63) is 12.2 Å². The largest absolute Gasteiger partial charge is 0.312 e. The predicted octanol–water partition coefficient (Wildman–Crippen LogP) is 6.47. The van der Waals surface area contributed by atoms with E-state index in [1.54, 1.807) is 0 Å². The summed E-state index contributed by atoms with van der Waals surface area (Å²) in [6.07, 6.45) is 22.1. The van der Waals surface area contributed by atoms with E-state index in [1.165, 1.54) is 77.0 Å². The van der Waals surface area contributed by atoms with Gasteiger partial charge in [0.15, 0.2) is 0 Å². The van der Waals surface area contributed by atoms with Gasteiger partial charge < -0.3 is 4.90 Å². The molecule has 0 aromatic carbocycles. The van der Waals surface area contributed by atoms with Gasteiger partial charge in [0.05, 0.1) is 0 Å². The molecule has 1 nitrogen and oxygen atoms in total. The second-order valence-corrected chi connectivity index (χ2v) is 6.71. The van der Waals surface area contributed by atoms with E-state index in [-0.39, 0.29) is 12.4 Å². The lowest BCUT2D eigenvalue weighted by Gasteiger charge is -2.02. The van der Waals surface area contributed by atoms with Crippen molar-refractivity contribution >= 4 is 12.4 Å². The molecule has 0 spiro atoms. The van der Waals surface area contributed by atoms with Gasteiger partial charge in [0.1, 0.15) is 0 Å². The molecule has 21 heavy (non-hydrogen) atoms. The number of halogens is 1. The third-order valence-electron chi connectivity index (χ3n) is 3.61. The summed E-state index contributed by atoms with van der Waals surface area (Å²) in [6.45, 7) is 2.29. The van der Waals surface area contributed by atoms with Crippen LogP contribution in [0, 0.1) is 5.92 Å². The first-order valence-corrected chi connectivity index (χ1v) is 8.96. The number of unbranched alkanes of at least 4 members (excludes halogenated alkanes) is 10. The first-order valence-electron chi connectivity index (χ1n) is 8.96. The molecule has 2 heteroatoms. The zero-order valence-electron chi connectivity index (χ0n) is 15.1. The molecule has 0 saturated heterocycles. The molecule has 0 bridgehead atoms. The zero-order valence-corrected chi connectivity index (χ0v) is 15.9. The fraction of sp³-hybridized carbons (Fsp3) is 0.895. The normalized spacial score (nSPS) is 12.8. The molecule has 0 amide bonds. The van der Waals surface area contributed by atoms with Gasteiger partial charge in [-0.1, -0.05) is 89.7 Å². The molecule has 0 N–H and O–H groups in total. The second kappa shape index (κ2) is 18.0. The standard InChI is InChI=1S/C16H30.C3H9N.ClH/c1-2-3-4-5-6-7-8-9-10-11-12-13-16-14-15-16;1-4(2)3;/h14-16H,2-13H2,1H3;1-3H3;1H. The molecule has 1 aliphatic rings. The van der Waals surface area contributed by atoms with E-state index < -0.39 is 0 Å². The minimum atomic E-state index is 0. The topological polar surface area (TPSA) is 3.24 Å². The summed E-state index contributed by atoms with van der Waals surface area (Å²) < 4.78 is 0. The number of rotatable bonds is 12. The van der Waals surface area contributed by atoms with Crippen molar-refractivity contribution in [1.82, 2.24) is 4.90 Å². The molecule has 0 atom stereocenters. The summed E-state index contributed by atoms with van der Waals surface area (Å²) in [5, 5.41) is 0. The second-order valence-electron chi connectivity index (χ2n) is 6.71. The summed E-state index contributed by atoms with van der Waals surface area (Å²) in [6, 6.07) is 0. The van der Waals surface area contributed by atoms with E-state index in [0.29, 0.717) is 0 Å². The minimum Gasteiger partial charge on any atom is -0.312 e. The smallest absolute Gasteiger partial charge is 0.00531 e. The molecule has 0 unspecified atom stereocenters. The van der Waals surface area contributed by atoms with E-state index in [1.807, 2.05) is 26.0 Å². The van der Waals surface area contributed by atoms with Gasteiger partial charge in [-0.05, 0) is 33.5 Å². The van der Waals surface area contributed by atoms with Crippen LogP contribution in [0.1, 0.15) is 84.0 Å². The fourth-order valence-electron chi connectivity index (χ4n) is 2.32. The Kier molecular flexibility index (Phi) is 20.0. The van der Waals surface area contributed by atoms with Crippen molar-refractivity contribution in [2.75, 3.05) is 21.1 Å². The maximum Gasteiger partial charge on any atom is -0.00531 e. The van der Waals surface area contributed by atoms with Crippen molar-refractivity contribution in [2.24, 2.45) is 5.92 Å². The molecule has 0 fully saturated rings. The lowest BCUT2D eigenvalue weighted by atomic mass is 10.0. The first-order chi connectivity index (χ1) is 9.66. The minimum absolute atomic E-state index is 0. The molecule has 0 aromatic rings. The monoisotopic (exact) mass is 317 g/mol. The quantitative estimate of drug-likeness (QED) is 0.294. The molecule has 0 saturated carbocycles. The van der Waals surface area contributed by atoms with Crippen LogP contribution in [0.2, 0.25) is 0 Å². The molecular weight excluding hydrogens is 278 g/mol. The van der Waals surface area contributed by atoms with Crippen LogP contribution in [0.15, 0.2) is 12.2 Å². The van der Waals surface area contributed by atoms with Crippen LogP contribution >= 0.6 is 12.4 Å². The van der Waals surface area contributed by atoms with E-state index in [9.17, 15) is 0 Å². The average molecular weight is 318 g/mol. The molecule has 0 radical (unpaired) electrons. The number of allylic oxidation sites excluding steroid dienone is 2. The van der Waals surface area contributed by atoms with Gasteiger partial charge in [-0.15, -0.1) is 12.4 Å². The van der Waals surface area contributed by atoms with Gasteiger partial charge in [-0.3, -0.25) is 0 Å². The summed E-state index contributed by atoms with van der Waals surface area (Å²) in [7, 11) is 6.00. The van der Waals surface area contributed by atoms with Crippen LogP contribution in [0.4, 0.5) is 0 Å². The molecule has 1 rings (SSSR count). The Hall–Kier alpha value is -0.0100. The van der Waals surface area contributed by atoms with Gasteiger partial charge in [0, 0.05) is 0 Å². The van der Waals surface area contributed by atoms with Crippen LogP contribution in [0.5, 0.6) is 0 Å². The third-order valence-corrected chi connectivity index (χ3v) is 3.61. The van der Waals surface area contributed by atoms with Crippen molar-refractivity contribution in [3.8, 4) is 0 Å². The highest BCUT2D eigenvalue weighted by Gasteiger charge is 2.08. The Labute approximate surface area is 141 Å². The fourth-order valence-corrected chi connectivity index (χ4v) is 2.32. The van der Waals surface area contributed by atoms with Gasteiger partial charge >= 0.3 is 0 Å². The lowest BCUT2D eigenvalue weighted by molar-refractivity contribution is 0.505. The van der Waals surface area contributed by atoms with Gasteiger partial charge in [0.2, 0.25) is 0 Å². The van der Waals surface area contributed by atoms with Crippen molar-refractivity contribution in [2.45, 2.75) is 84.0 Å². The maximum atomic E-state index is 2.33. The van der Waals surface area contributed by atoms with Crippen LogP contribution in [-0.2, 0) is 0 Å².